The SMILES string of the molecule is COc1ccccc1-n1[nH]c(=O)c(CCCN)c1O. The summed E-state index contributed by atoms with van der Waals surface area (Å²) in [7, 11) is 1.53. The number of nitrogens with two attached hydrogens (primary N) is 1. The van der Waals surface area contributed by atoms with Crippen molar-refractivity contribution >= 4 is 0 Å². The second kappa shape index (κ2) is 5.62. The molecule has 6 heteroatoms. The lowest BCUT2D eigenvalue weighted by Crippen LogP contribution is -2.09. The van der Waals surface area contributed by atoms with Gasteiger partial charge in [-0.15, -0.1) is 0 Å². The van der Waals surface area contributed by atoms with Crippen LogP contribution in [0.5, 0.6) is 11.6 Å². The lowest BCUT2D eigenvalue weighted by Gasteiger charge is -2.09. The molecule has 1 heterocycles. The molecule has 0 atom stereocenters. The first kappa shape index (κ1) is 13.2. The zero-order chi connectivity index (χ0) is 13.8. The number of ether oxygens (including phenoxy) is 1. The van der Waals surface area contributed by atoms with Gasteiger partial charge in [-0.3, -0.25) is 9.89 Å². The number of benzene rings is 1. The average molecular weight is 263 g/mol. The molecule has 0 amide bonds. The summed E-state index contributed by atoms with van der Waals surface area (Å²) >= 11 is 0. The highest BCUT2D eigenvalue weighted by Crippen LogP contribution is 2.26. The summed E-state index contributed by atoms with van der Waals surface area (Å²) in [6.45, 7) is 0.471. The second-order valence-electron chi connectivity index (χ2n) is 4.14. The van der Waals surface area contributed by atoms with Gasteiger partial charge in [0.05, 0.1) is 12.7 Å². The summed E-state index contributed by atoms with van der Waals surface area (Å²) < 4.78 is 6.54. The van der Waals surface area contributed by atoms with Crippen LogP contribution in [0.2, 0.25) is 0 Å². The van der Waals surface area contributed by atoms with Gasteiger partial charge in [0.1, 0.15) is 11.4 Å². The number of H-pyrrole nitrogens is 1. The van der Waals surface area contributed by atoms with E-state index in [1.54, 1.807) is 18.2 Å². The van der Waals surface area contributed by atoms with Crippen molar-refractivity contribution in [3.05, 3.63) is 40.2 Å². The smallest absolute Gasteiger partial charge is 0.271 e. The van der Waals surface area contributed by atoms with Gasteiger partial charge in [0.15, 0.2) is 0 Å². The molecule has 0 aliphatic heterocycles. The zero-order valence-electron chi connectivity index (χ0n) is 10.7. The third-order valence-corrected chi connectivity index (χ3v) is 2.93. The Balaban J connectivity index is 2.49. The Hall–Kier alpha value is -2.21. The Bertz CT molecular complexity index is 616. The Morgan fingerprint density at radius 1 is 1.42 bits per heavy atom. The minimum atomic E-state index is -0.308. The van der Waals surface area contributed by atoms with Gasteiger partial charge in [-0.2, -0.15) is 0 Å². The summed E-state index contributed by atoms with van der Waals surface area (Å²) in [5.74, 6) is 0.470. The lowest BCUT2D eigenvalue weighted by atomic mass is 10.2. The van der Waals surface area contributed by atoms with Gasteiger partial charge >= 0.3 is 0 Å². The second-order valence-corrected chi connectivity index (χ2v) is 4.14. The van der Waals surface area contributed by atoms with Crippen LogP contribution >= 0.6 is 0 Å². The predicted octanol–water partition coefficient (Wildman–Crippen LogP) is 0.771. The van der Waals surface area contributed by atoms with Gasteiger partial charge in [0, 0.05) is 0 Å². The van der Waals surface area contributed by atoms with Gasteiger partial charge in [-0.1, -0.05) is 12.1 Å². The Labute approximate surface area is 110 Å². The van der Waals surface area contributed by atoms with Crippen molar-refractivity contribution in [2.24, 2.45) is 5.73 Å². The van der Waals surface area contributed by atoms with E-state index in [0.29, 0.717) is 36.4 Å². The van der Waals surface area contributed by atoms with Gasteiger partial charge in [-0.25, -0.2) is 4.68 Å². The molecular weight excluding hydrogens is 246 g/mol. The highest BCUT2D eigenvalue weighted by molar-refractivity contribution is 5.48. The first-order chi connectivity index (χ1) is 9.19. The molecule has 4 N–H and O–H groups in total. The maximum absolute atomic E-state index is 11.8. The molecule has 0 fully saturated rings. The third-order valence-electron chi connectivity index (χ3n) is 2.93. The molecule has 19 heavy (non-hydrogen) atoms. The Kier molecular flexibility index (Phi) is 3.91. The fraction of sp³-hybridized carbons (Fsp3) is 0.308. The molecule has 0 aliphatic carbocycles. The number of aromatic nitrogens is 2. The molecule has 1 aromatic heterocycles. The number of rotatable bonds is 5. The molecule has 0 unspecified atom stereocenters. The van der Waals surface area contributed by atoms with Gasteiger partial charge in [-0.05, 0) is 31.5 Å². The van der Waals surface area contributed by atoms with Crippen LogP contribution in [-0.4, -0.2) is 28.5 Å². The molecule has 0 saturated heterocycles. The van der Waals surface area contributed by atoms with Crippen molar-refractivity contribution in [2.45, 2.75) is 12.8 Å². The first-order valence-corrected chi connectivity index (χ1v) is 6.05. The van der Waals surface area contributed by atoms with Crippen molar-refractivity contribution < 1.29 is 9.84 Å². The lowest BCUT2D eigenvalue weighted by molar-refractivity contribution is 0.400. The minimum Gasteiger partial charge on any atom is -0.494 e. The largest absolute Gasteiger partial charge is 0.494 e. The molecule has 2 aromatic rings. The van der Waals surface area contributed by atoms with Crippen molar-refractivity contribution in [1.29, 1.82) is 0 Å². The van der Waals surface area contributed by atoms with Crippen LogP contribution in [0.25, 0.3) is 5.69 Å². The van der Waals surface area contributed by atoms with E-state index in [9.17, 15) is 9.90 Å². The molecule has 0 aliphatic rings. The van der Waals surface area contributed by atoms with Crippen LogP contribution in [-0.2, 0) is 6.42 Å². The number of hydrogen-bond donors (Lipinski definition) is 3. The summed E-state index contributed by atoms with van der Waals surface area (Å²) in [6.07, 6.45) is 1.09. The summed E-state index contributed by atoms with van der Waals surface area (Å²) in [6, 6.07) is 7.12. The Morgan fingerprint density at radius 2 is 2.16 bits per heavy atom. The van der Waals surface area contributed by atoms with Crippen LogP contribution in [0, 0.1) is 0 Å². The summed E-state index contributed by atoms with van der Waals surface area (Å²) in [5.41, 5.74) is 6.04. The van der Waals surface area contributed by atoms with E-state index in [-0.39, 0.29) is 11.4 Å². The quantitative estimate of drug-likeness (QED) is 0.742. The average Bonchev–Trinajstić information content (AvgIpc) is 2.71. The van der Waals surface area contributed by atoms with Gasteiger partial charge in [0.25, 0.3) is 5.56 Å². The molecular formula is C13H17N3O3. The van der Waals surface area contributed by atoms with Crippen LogP contribution in [0.4, 0.5) is 0 Å². The summed E-state index contributed by atoms with van der Waals surface area (Å²) in [4.78, 5) is 11.8. The van der Waals surface area contributed by atoms with E-state index in [1.165, 1.54) is 11.8 Å². The number of aromatic amines is 1. The van der Waals surface area contributed by atoms with Crippen molar-refractivity contribution in [2.75, 3.05) is 13.7 Å². The number of nitrogens with one attached hydrogen (secondary N) is 1. The van der Waals surface area contributed by atoms with Gasteiger partial charge < -0.3 is 15.6 Å². The monoisotopic (exact) mass is 263 g/mol. The summed E-state index contributed by atoms with van der Waals surface area (Å²) in [5, 5.41) is 12.7. The molecule has 0 spiro atoms. The molecule has 6 nitrogen and oxygen atoms in total. The van der Waals surface area contributed by atoms with E-state index in [4.69, 9.17) is 10.5 Å². The molecule has 102 valence electrons. The zero-order valence-corrected chi connectivity index (χ0v) is 10.7. The van der Waals surface area contributed by atoms with E-state index < -0.39 is 0 Å². The van der Waals surface area contributed by atoms with E-state index in [2.05, 4.69) is 5.10 Å². The van der Waals surface area contributed by atoms with E-state index in [1.807, 2.05) is 6.07 Å². The highest BCUT2D eigenvalue weighted by atomic mass is 16.5. The third kappa shape index (κ3) is 2.48. The number of nitrogens with zero attached hydrogens (tertiary/aromatic N) is 1. The fourth-order valence-corrected chi connectivity index (χ4v) is 1.95. The molecule has 0 saturated carbocycles. The van der Waals surface area contributed by atoms with E-state index >= 15 is 0 Å². The van der Waals surface area contributed by atoms with Crippen LogP contribution in [0.1, 0.15) is 12.0 Å². The normalized spacial score (nSPS) is 10.6. The van der Waals surface area contributed by atoms with Gasteiger partial charge in [0.2, 0.25) is 5.88 Å². The molecule has 1 aromatic carbocycles. The fourth-order valence-electron chi connectivity index (χ4n) is 1.95. The molecule has 0 bridgehead atoms. The van der Waals surface area contributed by atoms with Crippen molar-refractivity contribution in [3.63, 3.8) is 0 Å². The number of aromatic hydroxyl groups is 1. The van der Waals surface area contributed by atoms with Crippen molar-refractivity contribution in [1.82, 2.24) is 9.78 Å². The number of methoxy groups -OCH3 is 1. The minimum absolute atomic E-state index is 0.0945. The van der Waals surface area contributed by atoms with Crippen LogP contribution < -0.4 is 16.0 Å². The highest BCUT2D eigenvalue weighted by Gasteiger charge is 2.16. The predicted molar refractivity (Wildman–Crippen MR) is 72.0 cm³/mol. The van der Waals surface area contributed by atoms with Crippen LogP contribution in [0.15, 0.2) is 29.1 Å². The van der Waals surface area contributed by atoms with E-state index in [0.717, 1.165) is 0 Å². The topological polar surface area (TPSA) is 93.3 Å². The maximum Gasteiger partial charge on any atom is 0.271 e. The van der Waals surface area contributed by atoms with Crippen LogP contribution in [0.3, 0.4) is 0 Å². The number of hydrogen-bond acceptors (Lipinski definition) is 4. The first-order valence-electron chi connectivity index (χ1n) is 6.05. The maximum atomic E-state index is 11.8. The Morgan fingerprint density at radius 3 is 2.84 bits per heavy atom. The molecule has 2 rings (SSSR count). The molecule has 0 radical (unpaired) electrons. The number of para-hydroxylation sites is 2. The van der Waals surface area contributed by atoms with Crippen molar-refractivity contribution in [3.8, 4) is 17.3 Å². The standard InChI is InChI=1S/C13H17N3O3/c1-19-11-7-3-2-6-10(11)16-13(18)9(5-4-8-14)12(17)15-16/h2-3,6-7,18H,4-5,8,14H2,1H3,(H,15,17).